The third kappa shape index (κ3) is 2.63. The molecule has 0 aromatic carbocycles. The molecule has 116 valence electrons. The lowest BCUT2D eigenvalue weighted by Gasteiger charge is -2.41. The molecule has 1 aliphatic heterocycles. The van der Waals surface area contributed by atoms with Crippen molar-refractivity contribution < 1.29 is 4.79 Å². The highest BCUT2D eigenvalue weighted by Gasteiger charge is 2.34. The molecule has 0 spiro atoms. The molecule has 0 aliphatic carbocycles. The van der Waals surface area contributed by atoms with Crippen LogP contribution in [-0.4, -0.2) is 38.4 Å². The number of pyridine rings is 1. The second-order valence-electron chi connectivity index (χ2n) is 6.25. The molecule has 0 radical (unpaired) electrons. The number of likely N-dealkylation sites (tertiary alicyclic amines) is 1. The molecule has 0 saturated carbocycles. The fourth-order valence-corrected chi connectivity index (χ4v) is 2.97. The second kappa shape index (κ2) is 5.91. The number of rotatable bonds is 4. The van der Waals surface area contributed by atoms with Crippen LogP contribution in [0, 0.1) is 0 Å². The molecule has 5 heteroatoms. The van der Waals surface area contributed by atoms with E-state index in [-0.39, 0.29) is 11.9 Å². The van der Waals surface area contributed by atoms with Gasteiger partial charge in [0.1, 0.15) is 11.9 Å². The lowest BCUT2D eigenvalue weighted by molar-refractivity contribution is -0.138. The van der Waals surface area contributed by atoms with Gasteiger partial charge < -0.3 is 9.47 Å². The Balaban J connectivity index is 1.65. The van der Waals surface area contributed by atoms with Gasteiger partial charge in [-0.3, -0.25) is 9.78 Å². The number of amides is 1. The number of aromatic nitrogens is 3. The average molecular weight is 298 g/mol. The Morgan fingerprint density at radius 3 is 2.68 bits per heavy atom. The number of carbonyl (C=O) groups excluding carboxylic acids is 1. The van der Waals surface area contributed by atoms with Crippen LogP contribution in [0.1, 0.15) is 50.0 Å². The van der Waals surface area contributed by atoms with Crippen molar-refractivity contribution in [2.45, 2.75) is 38.6 Å². The first-order chi connectivity index (χ1) is 10.6. The first kappa shape index (κ1) is 14.8. The van der Waals surface area contributed by atoms with Crippen molar-refractivity contribution in [3.8, 4) is 0 Å². The monoisotopic (exact) mass is 298 g/mol. The lowest BCUT2D eigenvalue weighted by Crippen LogP contribution is -2.50. The van der Waals surface area contributed by atoms with Crippen molar-refractivity contribution >= 4 is 5.91 Å². The van der Waals surface area contributed by atoms with Gasteiger partial charge in [-0.15, -0.1) is 0 Å². The summed E-state index contributed by atoms with van der Waals surface area (Å²) in [7, 11) is 0. The van der Waals surface area contributed by atoms with Crippen molar-refractivity contribution in [2.75, 3.05) is 13.1 Å². The van der Waals surface area contributed by atoms with Crippen LogP contribution in [0.4, 0.5) is 0 Å². The standard InChI is InChI=1S/C17H22N4O/c1-12(2)16-19-7-8-21(16)13(3)17(22)20-10-15(11-20)14-5-4-6-18-9-14/h4-9,12-13,15H,10-11H2,1-3H3/t13-/m1/s1. The largest absolute Gasteiger partial charge is 0.340 e. The maximum Gasteiger partial charge on any atom is 0.245 e. The minimum atomic E-state index is -0.199. The third-order valence-electron chi connectivity index (χ3n) is 4.34. The summed E-state index contributed by atoms with van der Waals surface area (Å²) in [4.78, 5) is 23.1. The van der Waals surface area contributed by atoms with E-state index >= 15 is 0 Å². The van der Waals surface area contributed by atoms with Gasteiger partial charge in [-0.25, -0.2) is 4.98 Å². The molecule has 0 unspecified atom stereocenters. The Morgan fingerprint density at radius 1 is 1.27 bits per heavy atom. The molecule has 0 N–H and O–H groups in total. The van der Waals surface area contributed by atoms with Crippen LogP contribution < -0.4 is 0 Å². The van der Waals surface area contributed by atoms with Crippen LogP contribution in [0.15, 0.2) is 36.9 Å². The van der Waals surface area contributed by atoms with Crippen LogP contribution in [0.2, 0.25) is 0 Å². The maximum atomic E-state index is 12.6. The van der Waals surface area contributed by atoms with Gasteiger partial charge in [0.05, 0.1) is 0 Å². The molecule has 1 aliphatic rings. The topological polar surface area (TPSA) is 51.0 Å². The number of carbonyl (C=O) groups is 1. The molecule has 0 bridgehead atoms. The van der Waals surface area contributed by atoms with Crippen LogP contribution in [0.3, 0.4) is 0 Å². The fraction of sp³-hybridized carbons (Fsp3) is 0.471. The van der Waals surface area contributed by atoms with E-state index in [9.17, 15) is 4.79 Å². The predicted octanol–water partition coefficient (Wildman–Crippen LogP) is 2.59. The summed E-state index contributed by atoms with van der Waals surface area (Å²) in [6.45, 7) is 7.70. The molecule has 1 fully saturated rings. The van der Waals surface area contributed by atoms with Gasteiger partial charge >= 0.3 is 0 Å². The summed E-state index contributed by atoms with van der Waals surface area (Å²) in [6, 6.07) is 3.83. The Hall–Kier alpha value is -2.17. The normalized spacial score (nSPS) is 16.6. The van der Waals surface area contributed by atoms with Crippen LogP contribution >= 0.6 is 0 Å². The highest BCUT2D eigenvalue weighted by Crippen LogP contribution is 2.29. The van der Waals surface area contributed by atoms with Crippen molar-refractivity contribution in [3.05, 3.63) is 48.3 Å². The Morgan fingerprint density at radius 2 is 2.05 bits per heavy atom. The molecule has 3 heterocycles. The smallest absolute Gasteiger partial charge is 0.245 e. The van der Waals surface area contributed by atoms with E-state index in [0.29, 0.717) is 11.8 Å². The van der Waals surface area contributed by atoms with Crippen LogP contribution in [0.25, 0.3) is 0 Å². The quantitative estimate of drug-likeness (QED) is 0.871. The molecule has 1 atom stereocenters. The van der Waals surface area contributed by atoms with E-state index in [0.717, 1.165) is 18.9 Å². The summed E-state index contributed by atoms with van der Waals surface area (Å²) in [5.41, 5.74) is 1.21. The zero-order chi connectivity index (χ0) is 15.7. The van der Waals surface area contributed by atoms with Crippen LogP contribution in [-0.2, 0) is 4.79 Å². The summed E-state index contributed by atoms with van der Waals surface area (Å²) in [5.74, 6) is 1.85. The first-order valence-corrected chi connectivity index (χ1v) is 7.79. The summed E-state index contributed by atoms with van der Waals surface area (Å²) < 4.78 is 1.99. The van der Waals surface area contributed by atoms with Gasteiger partial charge in [-0.1, -0.05) is 19.9 Å². The van der Waals surface area contributed by atoms with Gasteiger partial charge in [-0.05, 0) is 18.6 Å². The van der Waals surface area contributed by atoms with Crippen molar-refractivity contribution in [2.24, 2.45) is 0 Å². The molecule has 22 heavy (non-hydrogen) atoms. The highest BCUT2D eigenvalue weighted by atomic mass is 16.2. The van der Waals surface area contributed by atoms with Gasteiger partial charge in [0.2, 0.25) is 5.91 Å². The minimum Gasteiger partial charge on any atom is -0.340 e. The van der Waals surface area contributed by atoms with Crippen molar-refractivity contribution in [1.29, 1.82) is 0 Å². The molecule has 3 rings (SSSR count). The Labute approximate surface area is 131 Å². The van der Waals surface area contributed by atoms with Gasteiger partial charge in [-0.2, -0.15) is 0 Å². The molecular formula is C17H22N4O. The van der Waals surface area contributed by atoms with E-state index in [1.165, 1.54) is 5.56 Å². The van der Waals surface area contributed by atoms with E-state index in [1.807, 2.05) is 34.9 Å². The molecule has 1 amide bonds. The summed E-state index contributed by atoms with van der Waals surface area (Å²) >= 11 is 0. The minimum absolute atomic E-state index is 0.167. The molecule has 2 aromatic rings. The van der Waals surface area contributed by atoms with Gasteiger partial charge in [0.25, 0.3) is 0 Å². The summed E-state index contributed by atoms with van der Waals surface area (Å²) in [6.07, 6.45) is 7.34. The third-order valence-corrected chi connectivity index (χ3v) is 4.34. The van der Waals surface area contributed by atoms with Gasteiger partial charge in [0.15, 0.2) is 0 Å². The van der Waals surface area contributed by atoms with Crippen LogP contribution in [0.5, 0.6) is 0 Å². The zero-order valence-corrected chi connectivity index (χ0v) is 13.3. The summed E-state index contributed by atoms with van der Waals surface area (Å²) in [5, 5.41) is 0. The zero-order valence-electron chi connectivity index (χ0n) is 13.3. The number of imidazole rings is 1. The molecule has 1 saturated heterocycles. The fourth-order valence-electron chi connectivity index (χ4n) is 2.97. The second-order valence-corrected chi connectivity index (χ2v) is 6.25. The SMILES string of the molecule is CC(C)c1nccn1[C@H](C)C(=O)N1CC(c2cccnc2)C1. The average Bonchev–Trinajstić information content (AvgIpc) is 2.95. The first-order valence-electron chi connectivity index (χ1n) is 7.79. The Bertz CT molecular complexity index is 644. The lowest BCUT2D eigenvalue weighted by atomic mass is 9.92. The maximum absolute atomic E-state index is 12.6. The molecule has 2 aromatic heterocycles. The van der Waals surface area contributed by atoms with Gasteiger partial charge in [0, 0.05) is 49.7 Å². The Kier molecular flexibility index (Phi) is 3.96. The van der Waals surface area contributed by atoms with E-state index in [2.05, 4.69) is 29.9 Å². The van der Waals surface area contributed by atoms with E-state index in [4.69, 9.17) is 0 Å². The number of nitrogens with zero attached hydrogens (tertiary/aromatic N) is 4. The van der Waals surface area contributed by atoms with E-state index < -0.39 is 0 Å². The highest BCUT2D eigenvalue weighted by molar-refractivity contribution is 5.81. The number of hydrogen-bond donors (Lipinski definition) is 0. The molecular weight excluding hydrogens is 276 g/mol. The number of hydrogen-bond acceptors (Lipinski definition) is 3. The van der Waals surface area contributed by atoms with Crippen molar-refractivity contribution in [3.63, 3.8) is 0 Å². The van der Waals surface area contributed by atoms with Crippen molar-refractivity contribution in [1.82, 2.24) is 19.4 Å². The molecule has 5 nitrogen and oxygen atoms in total. The van der Waals surface area contributed by atoms with E-state index in [1.54, 1.807) is 12.4 Å². The predicted molar refractivity (Wildman–Crippen MR) is 84.6 cm³/mol.